The molecule has 18 heavy (non-hydrogen) atoms. The van der Waals surface area contributed by atoms with Crippen molar-refractivity contribution in [3.05, 3.63) is 0 Å². The predicted octanol–water partition coefficient (Wildman–Crippen LogP) is -0.342. The predicted molar refractivity (Wildman–Crippen MR) is 66.6 cm³/mol. The Morgan fingerprint density at radius 2 is 2.06 bits per heavy atom. The van der Waals surface area contributed by atoms with Crippen LogP contribution in [-0.2, 0) is 19.6 Å². The summed E-state index contributed by atoms with van der Waals surface area (Å²) in [6.45, 7) is 4.00. The normalized spacial score (nSPS) is 30.7. The van der Waals surface area contributed by atoms with Crippen molar-refractivity contribution in [3.8, 4) is 0 Å². The van der Waals surface area contributed by atoms with Crippen molar-refractivity contribution in [3.63, 3.8) is 0 Å². The summed E-state index contributed by atoms with van der Waals surface area (Å²) in [7, 11) is -3.29. The van der Waals surface area contributed by atoms with Crippen LogP contribution in [-0.4, -0.2) is 68.2 Å². The van der Waals surface area contributed by atoms with Crippen molar-refractivity contribution in [2.45, 2.75) is 31.9 Å². The zero-order chi connectivity index (χ0) is 13.3. The molecule has 0 N–H and O–H groups in total. The van der Waals surface area contributed by atoms with E-state index in [9.17, 15) is 13.2 Å². The Hall–Kier alpha value is -0.660. The highest BCUT2D eigenvalue weighted by atomic mass is 32.2. The Morgan fingerprint density at radius 3 is 2.67 bits per heavy atom. The van der Waals surface area contributed by atoms with Gasteiger partial charge in [0.2, 0.25) is 15.9 Å². The average molecular weight is 276 g/mol. The number of amides is 1. The topological polar surface area (TPSA) is 66.9 Å². The highest BCUT2D eigenvalue weighted by Crippen LogP contribution is 2.23. The second-order valence-electron chi connectivity index (χ2n) is 5.00. The van der Waals surface area contributed by atoms with Crippen molar-refractivity contribution < 1.29 is 17.9 Å². The zero-order valence-electron chi connectivity index (χ0n) is 10.8. The number of ether oxygens (including phenoxy) is 1. The molecule has 0 aromatic carbocycles. The molecule has 1 amide bonds. The van der Waals surface area contributed by atoms with Gasteiger partial charge in [0.15, 0.2) is 0 Å². The Morgan fingerprint density at radius 1 is 1.33 bits per heavy atom. The fraction of sp³-hybridized carbons (Fsp3) is 0.909. The first kappa shape index (κ1) is 13.8. The molecule has 0 unspecified atom stereocenters. The van der Waals surface area contributed by atoms with Crippen molar-refractivity contribution in [1.29, 1.82) is 0 Å². The quantitative estimate of drug-likeness (QED) is 0.692. The first-order valence-electron chi connectivity index (χ1n) is 6.27. The van der Waals surface area contributed by atoms with E-state index < -0.39 is 16.1 Å². The molecule has 7 heteroatoms. The summed E-state index contributed by atoms with van der Waals surface area (Å²) in [5.74, 6) is -0.0759. The number of morpholine rings is 1. The van der Waals surface area contributed by atoms with Gasteiger partial charge in [0.1, 0.15) is 6.04 Å². The minimum atomic E-state index is -3.29. The third kappa shape index (κ3) is 2.84. The average Bonchev–Trinajstić information content (AvgIpc) is 2.76. The van der Waals surface area contributed by atoms with Gasteiger partial charge in [0.25, 0.3) is 0 Å². The van der Waals surface area contributed by atoms with Crippen molar-refractivity contribution >= 4 is 15.9 Å². The van der Waals surface area contributed by atoms with Gasteiger partial charge in [-0.3, -0.25) is 4.79 Å². The molecule has 104 valence electrons. The van der Waals surface area contributed by atoms with Crippen LogP contribution in [0, 0.1) is 0 Å². The van der Waals surface area contributed by atoms with E-state index in [1.165, 1.54) is 10.6 Å². The number of sulfonamides is 1. The van der Waals surface area contributed by atoms with Crippen molar-refractivity contribution in [2.24, 2.45) is 0 Å². The van der Waals surface area contributed by atoms with E-state index in [1.807, 2.05) is 6.92 Å². The molecule has 2 saturated heterocycles. The van der Waals surface area contributed by atoms with E-state index in [-0.39, 0.29) is 12.0 Å². The lowest BCUT2D eigenvalue weighted by Crippen LogP contribution is -2.52. The maximum absolute atomic E-state index is 12.4. The Bertz CT molecular complexity index is 423. The fourth-order valence-corrected chi connectivity index (χ4v) is 3.73. The second kappa shape index (κ2) is 5.14. The van der Waals surface area contributed by atoms with Gasteiger partial charge in [-0.05, 0) is 19.8 Å². The molecule has 0 aromatic heterocycles. The fourth-order valence-electron chi connectivity index (χ4n) is 2.61. The van der Waals surface area contributed by atoms with E-state index >= 15 is 0 Å². The third-order valence-electron chi connectivity index (χ3n) is 3.47. The molecule has 2 aliphatic rings. The van der Waals surface area contributed by atoms with Gasteiger partial charge >= 0.3 is 0 Å². The molecule has 0 bridgehead atoms. The maximum atomic E-state index is 12.4. The summed E-state index contributed by atoms with van der Waals surface area (Å²) in [5, 5.41) is 0. The number of rotatable bonds is 2. The summed E-state index contributed by atoms with van der Waals surface area (Å²) >= 11 is 0. The van der Waals surface area contributed by atoms with Crippen LogP contribution in [0.5, 0.6) is 0 Å². The van der Waals surface area contributed by atoms with Gasteiger partial charge in [-0.1, -0.05) is 0 Å². The zero-order valence-corrected chi connectivity index (χ0v) is 11.6. The molecule has 2 aliphatic heterocycles. The van der Waals surface area contributed by atoms with E-state index in [4.69, 9.17) is 4.74 Å². The Kier molecular flexibility index (Phi) is 3.93. The highest BCUT2D eigenvalue weighted by Gasteiger charge is 2.39. The number of hydrogen-bond acceptors (Lipinski definition) is 4. The highest BCUT2D eigenvalue weighted by molar-refractivity contribution is 7.88. The molecule has 0 saturated carbocycles. The van der Waals surface area contributed by atoms with Gasteiger partial charge in [-0.15, -0.1) is 0 Å². The van der Waals surface area contributed by atoms with Crippen LogP contribution in [0.3, 0.4) is 0 Å². The van der Waals surface area contributed by atoms with E-state index in [0.29, 0.717) is 32.7 Å². The lowest BCUT2D eigenvalue weighted by atomic mass is 10.2. The molecule has 0 radical (unpaired) electrons. The molecule has 2 heterocycles. The second-order valence-corrected chi connectivity index (χ2v) is 6.93. The Labute approximate surface area is 108 Å². The smallest absolute Gasteiger partial charge is 0.241 e. The first-order valence-corrected chi connectivity index (χ1v) is 8.11. The monoisotopic (exact) mass is 276 g/mol. The minimum absolute atomic E-state index is 0.0239. The van der Waals surface area contributed by atoms with Gasteiger partial charge in [-0.25, -0.2) is 8.42 Å². The minimum Gasteiger partial charge on any atom is -0.375 e. The number of carbonyl (C=O) groups is 1. The van der Waals surface area contributed by atoms with Crippen LogP contribution in [0.2, 0.25) is 0 Å². The summed E-state index contributed by atoms with van der Waals surface area (Å²) in [4.78, 5) is 14.1. The Balaban J connectivity index is 2.08. The molecule has 0 aliphatic carbocycles. The largest absolute Gasteiger partial charge is 0.375 e. The van der Waals surface area contributed by atoms with Crippen molar-refractivity contribution in [1.82, 2.24) is 9.21 Å². The molecule has 2 fully saturated rings. The molecule has 0 aromatic rings. The molecule has 2 rings (SSSR count). The van der Waals surface area contributed by atoms with E-state index in [2.05, 4.69) is 0 Å². The summed E-state index contributed by atoms with van der Waals surface area (Å²) in [6.07, 6.45) is 2.57. The number of nitrogens with zero attached hydrogens (tertiary/aromatic N) is 2. The maximum Gasteiger partial charge on any atom is 0.241 e. The summed E-state index contributed by atoms with van der Waals surface area (Å²) in [5.41, 5.74) is 0. The van der Waals surface area contributed by atoms with Crippen LogP contribution in [0.25, 0.3) is 0 Å². The van der Waals surface area contributed by atoms with Crippen LogP contribution in [0.4, 0.5) is 0 Å². The van der Waals surface area contributed by atoms with E-state index in [0.717, 1.165) is 6.42 Å². The molecular weight excluding hydrogens is 256 g/mol. The summed E-state index contributed by atoms with van der Waals surface area (Å²) < 4.78 is 30.0. The molecule has 0 spiro atoms. The summed E-state index contributed by atoms with van der Waals surface area (Å²) in [6, 6.07) is -0.509. The SMILES string of the molecule is C[C@H]1CN(C(=O)[C@H]2CCCN2S(C)(=O)=O)CCO1. The van der Waals surface area contributed by atoms with E-state index in [1.54, 1.807) is 4.90 Å². The van der Waals surface area contributed by atoms with Crippen LogP contribution < -0.4 is 0 Å². The molecule has 2 atom stereocenters. The van der Waals surface area contributed by atoms with Gasteiger partial charge in [0, 0.05) is 19.6 Å². The lowest BCUT2D eigenvalue weighted by Gasteiger charge is -2.34. The standard InChI is InChI=1S/C11H20N2O4S/c1-9-8-12(6-7-17-9)11(14)10-4-3-5-13(10)18(2,15)16/h9-10H,3-8H2,1-2H3/t9-,10+/m0/s1. The number of hydrogen-bond donors (Lipinski definition) is 0. The van der Waals surface area contributed by atoms with Gasteiger partial charge in [0.05, 0.1) is 19.0 Å². The first-order chi connectivity index (χ1) is 8.39. The van der Waals surface area contributed by atoms with Gasteiger partial charge in [-0.2, -0.15) is 4.31 Å². The van der Waals surface area contributed by atoms with Gasteiger partial charge < -0.3 is 9.64 Å². The lowest BCUT2D eigenvalue weighted by molar-refractivity contribution is -0.141. The van der Waals surface area contributed by atoms with Crippen LogP contribution >= 0.6 is 0 Å². The third-order valence-corrected chi connectivity index (χ3v) is 4.76. The molecular formula is C11H20N2O4S. The number of carbonyl (C=O) groups excluding carboxylic acids is 1. The van der Waals surface area contributed by atoms with Crippen molar-refractivity contribution in [2.75, 3.05) is 32.5 Å². The molecule has 6 nitrogen and oxygen atoms in total. The van der Waals surface area contributed by atoms with Crippen LogP contribution in [0.1, 0.15) is 19.8 Å². The van der Waals surface area contributed by atoms with Crippen LogP contribution in [0.15, 0.2) is 0 Å².